The Morgan fingerprint density at radius 2 is 1.85 bits per heavy atom. The van der Waals surface area contributed by atoms with Crippen LogP contribution in [-0.2, 0) is 4.79 Å². The fourth-order valence-corrected chi connectivity index (χ4v) is 4.66. The highest BCUT2D eigenvalue weighted by Crippen LogP contribution is 2.30. The number of aromatic nitrogens is 5. The molecule has 0 atom stereocenters. The quantitative estimate of drug-likeness (QED) is 0.365. The van der Waals surface area contributed by atoms with Gasteiger partial charge in [0.05, 0.1) is 23.6 Å². The molecule has 1 fully saturated rings. The summed E-state index contributed by atoms with van der Waals surface area (Å²) in [6, 6.07) is 9.76. The number of hydrogen-bond acceptors (Lipinski definition) is 6. The second kappa shape index (κ2) is 9.27. The van der Waals surface area contributed by atoms with Crippen molar-refractivity contribution in [3.63, 3.8) is 0 Å². The van der Waals surface area contributed by atoms with E-state index in [4.69, 9.17) is 9.84 Å². The molecule has 0 unspecified atom stereocenters. The first kappa shape index (κ1) is 21.5. The number of fused-ring (bicyclic) bond motifs is 1. The van der Waals surface area contributed by atoms with E-state index in [0.717, 1.165) is 52.6 Å². The van der Waals surface area contributed by atoms with Crippen molar-refractivity contribution >= 4 is 32.9 Å². The zero-order valence-electron chi connectivity index (χ0n) is 17.7. The number of halogens is 1. The number of H-pyrrole nitrogens is 1. The number of benzene rings is 1. The summed E-state index contributed by atoms with van der Waals surface area (Å²) in [5, 5.41) is 8.94. The van der Waals surface area contributed by atoms with Gasteiger partial charge in [0, 0.05) is 22.7 Å². The maximum absolute atomic E-state index is 10.9. The molecule has 8 nitrogen and oxygen atoms in total. The van der Waals surface area contributed by atoms with Crippen LogP contribution in [-0.4, -0.2) is 42.1 Å². The van der Waals surface area contributed by atoms with Gasteiger partial charge in [-0.3, -0.25) is 9.78 Å². The number of para-hydroxylation sites is 1. The van der Waals surface area contributed by atoms with Crippen molar-refractivity contribution in [1.29, 1.82) is 0 Å². The average Bonchev–Trinajstić information content (AvgIpc) is 3.27. The van der Waals surface area contributed by atoms with Gasteiger partial charge in [-0.1, -0.05) is 6.07 Å². The van der Waals surface area contributed by atoms with Crippen LogP contribution >= 0.6 is 15.9 Å². The largest absolute Gasteiger partial charge is 0.481 e. The standard InChI is InChI=1S/C24H22BrN5O3/c25-17-2-1-3-19-23(17)30-24(29-19)15-6-9-18(26-11-15)20-12-28-21(13-27-20)33-16-7-4-14(5-8-16)10-22(31)32/h1-3,6,9,11-14,16H,4-5,7-8,10H2,(H,29,30)(H,31,32). The van der Waals surface area contributed by atoms with Gasteiger partial charge >= 0.3 is 5.97 Å². The summed E-state index contributed by atoms with van der Waals surface area (Å²) in [5.41, 5.74) is 4.10. The number of nitrogens with one attached hydrogen (secondary N) is 1. The smallest absolute Gasteiger partial charge is 0.303 e. The molecule has 1 aliphatic carbocycles. The van der Waals surface area contributed by atoms with Crippen LogP contribution in [0.15, 0.2) is 53.4 Å². The number of carboxylic acids is 1. The van der Waals surface area contributed by atoms with E-state index in [1.54, 1.807) is 18.6 Å². The number of carbonyl (C=O) groups is 1. The zero-order chi connectivity index (χ0) is 22.8. The third-order valence-electron chi connectivity index (χ3n) is 5.94. The molecule has 33 heavy (non-hydrogen) atoms. The van der Waals surface area contributed by atoms with Gasteiger partial charge in [0.25, 0.3) is 0 Å². The summed E-state index contributed by atoms with van der Waals surface area (Å²) in [7, 11) is 0. The van der Waals surface area contributed by atoms with E-state index in [-0.39, 0.29) is 18.4 Å². The minimum absolute atomic E-state index is 0.0523. The lowest BCUT2D eigenvalue weighted by atomic mass is 9.85. The number of nitrogens with zero attached hydrogens (tertiary/aromatic N) is 4. The zero-order valence-corrected chi connectivity index (χ0v) is 19.3. The maximum Gasteiger partial charge on any atom is 0.303 e. The molecule has 4 aromatic rings. The van der Waals surface area contributed by atoms with E-state index in [1.807, 2.05) is 30.3 Å². The van der Waals surface area contributed by atoms with Crippen LogP contribution < -0.4 is 4.74 Å². The lowest BCUT2D eigenvalue weighted by Gasteiger charge is -2.27. The summed E-state index contributed by atoms with van der Waals surface area (Å²) < 4.78 is 6.90. The van der Waals surface area contributed by atoms with Crippen molar-refractivity contribution in [2.24, 2.45) is 5.92 Å². The number of carboxylic acid groups (broad SMARTS) is 1. The van der Waals surface area contributed by atoms with Gasteiger partial charge in [-0.15, -0.1) is 0 Å². The van der Waals surface area contributed by atoms with Crippen LogP contribution in [0.3, 0.4) is 0 Å². The number of hydrogen-bond donors (Lipinski definition) is 2. The highest BCUT2D eigenvalue weighted by Gasteiger charge is 2.24. The Labute approximate surface area is 198 Å². The fraction of sp³-hybridized carbons (Fsp3) is 0.292. The molecule has 5 rings (SSSR count). The molecule has 1 saturated carbocycles. The number of aromatic amines is 1. The van der Waals surface area contributed by atoms with Crippen molar-refractivity contribution in [2.75, 3.05) is 0 Å². The maximum atomic E-state index is 10.9. The molecule has 168 valence electrons. The van der Waals surface area contributed by atoms with Crippen LogP contribution in [0.4, 0.5) is 0 Å². The van der Waals surface area contributed by atoms with E-state index in [0.29, 0.717) is 17.3 Å². The molecule has 1 aromatic carbocycles. The van der Waals surface area contributed by atoms with E-state index in [9.17, 15) is 4.79 Å². The molecule has 9 heteroatoms. The summed E-state index contributed by atoms with van der Waals surface area (Å²) in [5.74, 6) is 0.743. The normalized spacial score (nSPS) is 18.3. The van der Waals surface area contributed by atoms with E-state index >= 15 is 0 Å². The second-order valence-electron chi connectivity index (χ2n) is 8.25. The summed E-state index contributed by atoms with van der Waals surface area (Å²) >= 11 is 3.53. The van der Waals surface area contributed by atoms with Gasteiger partial charge in [0.2, 0.25) is 5.88 Å². The Kier molecular flexibility index (Phi) is 6.04. The second-order valence-corrected chi connectivity index (χ2v) is 9.11. The van der Waals surface area contributed by atoms with Gasteiger partial charge in [-0.25, -0.2) is 15.0 Å². The number of ether oxygens (including phenoxy) is 1. The molecule has 3 heterocycles. The highest BCUT2D eigenvalue weighted by atomic mass is 79.9. The van der Waals surface area contributed by atoms with Crippen LogP contribution in [0, 0.1) is 5.92 Å². The van der Waals surface area contributed by atoms with E-state index in [2.05, 4.69) is 40.8 Å². The van der Waals surface area contributed by atoms with Gasteiger partial charge in [-0.05, 0) is 71.8 Å². The fourth-order valence-electron chi connectivity index (χ4n) is 4.20. The van der Waals surface area contributed by atoms with Crippen LogP contribution in [0.1, 0.15) is 32.1 Å². The SMILES string of the molecule is O=C(O)CC1CCC(Oc2cnc(-c3ccc(-c4nc5c(Br)cccc5[nH]4)cn3)cn2)CC1. The molecule has 0 bridgehead atoms. The molecule has 0 aliphatic heterocycles. The van der Waals surface area contributed by atoms with Gasteiger partial charge in [0.1, 0.15) is 23.1 Å². The number of aliphatic carboxylic acids is 1. The third kappa shape index (κ3) is 4.88. The van der Waals surface area contributed by atoms with Gasteiger partial charge in [0.15, 0.2) is 0 Å². The van der Waals surface area contributed by atoms with Gasteiger partial charge < -0.3 is 14.8 Å². The molecule has 2 N–H and O–H groups in total. The van der Waals surface area contributed by atoms with Crippen molar-refractivity contribution in [2.45, 2.75) is 38.2 Å². The van der Waals surface area contributed by atoms with Crippen molar-refractivity contribution < 1.29 is 14.6 Å². The Bertz CT molecular complexity index is 1270. The monoisotopic (exact) mass is 507 g/mol. The molecule has 1 aliphatic rings. The third-order valence-corrected chi connectivity index (χ3v) is 6.58. The Morgan fingerprint density at radius 1 is 1.03 bits per heavy atom. The average molecular weight is 508 g/mol. The van der Waals surface area contributed by atoms with Crippen molar-refractivity contribution in [3.05, 3.63) is 53.4 Å². The lowest BCUT2D eigenvalue weighted by Crippen LogP contribution is -2.25. The molecule has 0 saturated heterocycles. The van der Waals surface area contributed by atoms with E-state index < -0.39 is 5.97 Å². The Balaban J connectivity index is 1.23. The first-order valence-corrected chi connectivity index (χ1v) is 11.7. The summed E-state index contributed by atoms with van der Waals surface area (Å²) in [6.45, 7) is 0. The Morgan fingerprint density at radius 3 is 2.52 bits per heavy atom. The topological polar surface area (TPSA) is 114 Å². The van der Waals surface area contributed by atoms with Crippen LogP contribution in [0.2, 0.25) is 0 Å². The number of imidazole rings is 1. The molecule has 0 spiro atoms. The first-order chi connectivity index (χ1) is 16.0. The Hall–Kier alpha value is -3.33. The summed E-state index contributed by atoms with van der Waals surface area (Å²) in [4.78, 5) is 32.2. The minimum atomic E-state index is -0.729. The van der Waals surface area contributed by atoms with Crippen LogP contribution in [0.25, 0.3) is 33.8 Å². The molecular weight excluding hydrogens is 486 g/mol. The van der Waals surface area contributed by atoms with Gasteiger partial charge in [-0.2, -0.15) is 0 Å². The number of pyridine rings is 1. The molecule has 0 radical (unpaired) electrons. The molecule has 3 aromatic heterocycles. The predicted octanol–water partition coefficient (Wildman–Crippen LogP) is 5.26. The van der Waals surface area contributed by atoms with Crippen LogP contribution in [0.5, 0.6) is 5.88 Å². The first-order valence-electron chi connectivity index (χ1n) is 10.9. The predicted molar refractivity (Wildman–Crippen MR) is 127 cm³/mol. The number of rotatable bonds is 6. The van der Waals surface area contributed by atoms with E-state index in [1.165, 1.54) is 0 Å². The van der Waals surface area contributed by atoms with Crippen molar-refractivity contribution in [1.82, 2.24) is 24.9 Å². The van der Waals surface area contributed by atoms with Crippen molar-refractivity contribution in [3.8, 4) is 28.7 Å². The lowest BCUT2D eigenvalue weighted by molar-refractivity contribution is -0.138. The summed E-state index contributed by atoms with van der Waals surface area (Å²) in [6.07, 6.45) is 8.73. The molecule has 0 amide bonds. The minimum Gasteiger partial charge on any atom is -0.481 e. The highest BCUT2D eigenvalue weighted by molar-refractivity contribution is 9.10. The molecular formula is C24H22BrN5O3.